The normalized spacial score (nSPS) is 12.9. The van der Waals surface area contributed by atoms with Crippen molar-refractivity contribution in [2.45, 2.75) is 66.0 Å². The summed E-state index contributed by atoms with van der Waals surface area (Å²) in [6.07, 6.45) is 2.77. The third kappa shape index (κ3) is 4.87. The monoisotopic (exact) mass is 348 g/mol. The molecule has 24 heavy (non-hydrogen) atoms. The highest BCUT2D eigenvalue weighted by molar-refractivity contribution is 7.17. The average Bonchev–Trinajstić information content (AvgIpc) is 3.00. The molecule has 2 rings (SSSR count). The smallest absolute Gasteiger partial charge is 0.253 e. The fourth-order valence-electron chi connectivity index (χ4n) is 2.63. The predicted molar refractivity (Wildman–Crippen MR) is 104 cm³/mol. The summed E-state index contributed by atoms with van der Waals surface area (Å²) < 4.78 is 1.07. The first-order valence-electron chi connectivity index (χ1n) is 8.71. The molecule has 2 aromatic rings. The maximum absolute atomic E-state index is 12.4. The van der Waals surface area contributed by atoms with Crippen molar-refractivity contribution in [1.29, 1.82) is 0 Å². The molecule has 0 fully saturated rings. The van der Waals surface area contributed by atoms with E-state index < -0.39 is 6.04 Å². The van der Waals surface area contributed by atoms with Gasteiger partial charge in [-0.25, -0.2) is 0 Å². The summed E-state index contributed by atoms with van der Waals surface area (Å²) >= 11 is 1.54. The third-order valence-electron chi connectivity index (χ3n) is 3.88. The van der Waals surface area contributed by atoms with Gasteiger partial charge in [0.15, 0.2) is 6.04 Å². The summed E-state index contributed by atoms with van der Waals surface area (Å²) in [6, 6.07) is 5.19. The molecular formula is C19H28N2O2S. The van der Waals surface area contributed by atoms with Crippen LogP contribution in [-0.2, 0) is 4.79 Å². The number of thiophene rings is 1. The van der Waals surface area contributed by atoms with Gasteiger partial charge in [0.25, 0.3) is 5.91 Å². The number of benzene rings is 1. The highest BCUT2D eigenvalue weighted by Crippen LogP contribution is 2.33. The standard InChI is InChI=1S/C17H22N2O2S.C2H6/c1-4-6-12(5-2)18-17(20)16(19-21)14-10-22-15-8-7-11(3)9-13(14)15;1-2/h7-10,12,16H,4-6H2,1-3H3,(H,18,20);1-2H3. The number of amides is 1. The second kappa shape index (κ2) is 10.2. The lowest BCUT2D eigenvalue weighted by Gasteiger charge is -2.18. The Morgan fingerprint density at radius 2 is 2.00 bits per heavy atom. The number of hydrogen-bond acceptors (Lipinski definition) is 4. The van der Waals surface area contributed by atoms with Crippen LogP contribution in [0.15, 0.2) is 28.8 Å². The predicted octanol–water partition coefficient (Wildman–Crippen LogP) is 5.74. The van der Waals surface area contributed by atoms with Gasteiger partial charge in [-0.3, -0.25) is 4.79 Å². The molecule has 1 amide bonds. The van der Waals surface area contributed by atoms with Crippen molar-refractivity contribution < 1.29 is 4.79 Å². The number of nitroso groups, excluding NO2 is 1. The Balaban J connectivity index is 0.00000139. The zero-order valence-electron chi connectivity index (χ0n) is 15.3. The van der Waals surface area contributed by atoms with Crippen LogP contribution in [0.2, 0.25) is 0 Å². The molecule has 1 N–H and O–H groups in total. The first kappa shape index (κ1) is 20.3. The minimum Gasteiger partial charge on any atom is -0.351 e. The lowest BCUT2D eigenvalue weighted by molar-refractivity contribution is -0.123. The van der Waals surface area contributed by atoms with Crippen molar-refractivity contribution in [3.05, 3.63) is 39.6 Å². The van der Waals surface area contributed by atoms with E-state index in [9.17, 15) is 9.70 Å². The molecule has 1 aromatic carbocycles. The molecule has 1 aromatic heterocycles. The largest absolute Gasteiger partial charge is 0.351 e. The van der Waals surface area contributed by atoms with Crippen LogP contribution in [0.1, 0.15) is 64.1 Å². The van der Waals surface area contributed by atoms with Gasteiger partial charge in [-0.1, -0.05) is 57.0 Å². The van der Waals surface area contributed by atoms with Gasteiger partial charge in [-0.15, -0.1) is 16.2 Å². The van der Waals surface area contributed by atoms with E-state index in [1.807, 2.05) is 51.3 Å². The third-order valence-corrected chi connectivity index (χ3v) is 4.87. The van der Waals surface area contributed by atoms with Crippen molar-refractivity contribution in [2.24, 2.45) is 5.18 Å². The first-order chi connectivity index (χ1) is 11.6. The Morgan fingerprint density at radius 1 is 1.29 bits per heavy atom. The summed E-state index contributed by atoms with van der Waals surface area (Å²) in [5.41, 5.74) is 1.82. The molecule has 0 radical (unpaired) electrons. The minimum atomic E-state index is -0.971. The van der Waals surface area contributed by atoms with Crippen LogP contribution >= 0.6 is 11.3 Å². The SMILES string of the molecule is CC.CCCC(CC)NC(=O)C(N=O)c1csc2ccc(C)cc12. The van der Waals surface area contributed by atoms with Crippen molar-refractivity contribution in [3.8, 4) is 0 Å². The van der Waals surface area contributed by atoms with Crippen LogP contribution in [0.25, 0.3) is 10.1 Å². The number of nitrogens with one attached hydrogen (secondary N) is 1. The van der Waals surface area contributed by atoms with Gasteiger partial charge in [-0.05, 0) is 36.6 Å². The van der Waals surface area contributed by atoms with E-state index in [1.54, 1.807) is 0 Å². The molecular weight excluding hydrogens is 320 g/mol. The highest BCUT2D eigenvalue weighted by Gasteiger charge is 2.26. The van der Waals surface area contributed by atoms with Crippen LogP contribution in [0.4, 0.5) is 0 Å². The number of hydrogen-bond donors (Lipinski definition) is 1. The second-order valence-corrected chi connectivity index (χ2v) is 6.51. The summed E-state index contributed by atoms with van der Waals surface area (Å²) in [7, 11) is 0. The van der Waals surface area contributed by atoms with E-state index in [0.717, 1.165) is 34.9 Å². The van der Waals surface area contributed by atoms with E-state index >= 15 is 0 Å². The molecule has 0 saturated carbocycles. The molecule has 2 atom stereocenters. The van der Waals surface area contributed by atoms with Crippen LogP contribution in [0.3, 0.4) is 0 Å². The first-order valence-corrected chi connectivity index (χ1v) is 9.59. The van der Waals surface area contributed by atoms with Gasteiger partial charge in [0.05, 0.1) is 0 Å². The van der Waals surface area contributed by atoms with Gasteiger partial charge >= 0.3 is 0 Å². The molecule has 0 saturated heterocycles. The highest BCUT2D eigenvalue weighted by atomic mass is 32.1. The molecule has 0 aliphatic rings. The Bertz CT molecular complexity index is 666. The van der Waals surface area contributed by atoms with E-state index in [0.29, 0.717) is 5.56 Å². The second-order valence-electron chi connectivity index (χ2n) is 5.60. The van der Waals surface area contributed by atoms with Crippen LogP contribution in [0, 0.1) is 11.8 Å². The van der Waals surface area contributed by atoms with Crippen LogP contribution in [0.5, 0.6) is 0 Å². The fraction of sp³-hybridized carbons (Fsp3) is 0.526. The maximum Gasteiger partial charge on any atom is 0.253 e. The number of rotatable bonds is 7. The molecule has 1 heterocycles. The molecule has 132 valence electrons. The van der Waals surface area contributed by atoms with E-state index in [2.05, 4.69) is 17.4 Å². The molecule has 0 bridgehead atoms. The molecule has 0 aliphatic carbocycles. The molecule has 4 nitrogen and oxygen atoms in total. The van der Waals surface area contributed by atoms with Crippen molar-refractivity contribution in [1.82, 2.24) is 5.32 Å². The Kier molecular flexibility index (Phi) is 8.61. The molecule has 0 aliphatic heterocycles. The van der Waals surface area contributed by atoms with Gasteiger partial charge < -0.3 is 5.32 Å². The van der Waals surface area contributed by atoms with Gasteiger partial charge in [0.2, 0.25) is 0 Å². The Morgan fingerprint density at radius 3 is 2.58 bits per heavy atom. The van der Waals surface area contributed by atoms with Gasteiger partial charge in [0.1, 0.15) is 0 Å². The quantitative estimate of drug-likeness (QED) is 0.649. The zero-order valence-corrected chi connectivity index (χ0v) is 16.1. The number of carbonyl (C=O) groups is 1. The van der Waals surface area contributed by atoms with E-state index in [4.69, 9.17) is 0 Å². The summed E-state index contributed by atoms with van der Waals surface area (Å²) in [6.45, 7) is 10.1. The Labute approximate surface area is 148 Å². The molecule has 0 spiro atoms. The summed E-state index contributed by atoms with van der Waals surface area (Å²) in [5, 5.41) is 8.88. The van der Waals surface area contributed by atoms with Gasteiger partial charge in [-0.2, -0.15) is 0 Å². The van der Waals surface area contributed by atoms with Crippen LogP contribution < -0.4 is 5.32 Å². The maximum atomic E-state index is 12.4. The lowest BCUT2D eigenvalue weighted by atomic mass is 10.0. The van der Waals surface area contributed by atoms with Crippen LogP contribution in [-0.4, -0.2) is 11.9 Å². The van der Waals surface area contributed by atoms with Gasteiger partial charge in [0, 0.05) is 16.3 Å². The van der Waals surface area contributed by atoms with E-state index in [1.165, 1.54) is 11.3 Å². The lowest BCUT2D eigenvalue weighted by Crippen LogP contribution is -2.37. The average molecular weight is 349 g/mol. The van der Waals surface area contributed by atoms with E-state index in [-0.39, 0.29) is 11.9 Å². The summed E-state index contributed by atoms with van der Waals surface area (Å²) in [4.78, 5) is 23.7. The minimum absolute atomic E-state index is 0.105. The fourth-order valence-corrected chi connectivity index (χ4v) is 3.59. The number of carbonyl (C=O) groups excluding carboxylic acids is 1. The number of aryl methyl sites for hydroxylation is 1. The Hall–Kier alpha value is -1.75. The number of nitrogens with zero attached hydrogens (tertiary/aromatic N) is 1. The van der Waals surface area contributed by atoms with Crippen molar-refractivity contribution in [2.75, 3.05) is 0 Å². The zero-order chi connectivity index (χ0) is 18.1. The molecule has 2 unspecified atom stereocenters. The summed E-state index contributed by atoms with van der Waals surface area (Å²) in [5.74, 6) is -0.295. The topological polar surface area (TPSA) is 58.5 Å². The molecule has 5 heteroatoms. The number of fused-ring (bicyclic) bond motifs is 1. The van der Waals surface area contributed by atoms with Crippen molar-refractivity contribution in [3.63, 3.8) is 0 Å². The van der Waals surface area contributed by atoms with Crippen molar-refractivity contribution >= 4 is 27.3 Å².